The molecule has 0 unspecified atom stereocenters. The smallest absolute Gasteiger partial charge is 0.0701 e. The van der Waals surface area contributed by atoms with Crippen LogP contribution in [0.25, 0.3) is 0 Å². The maximum atomic E-state index is 5.66. The van der Waals surface area contributed by atoms with Gasteiger partial charge >= 0.3 is 0 Å². The summed E-state index contributed by atoms with van der Waals surface area (Å²) in [5.41, 5.74) is 5.33. The van der Waals surface area contributed by atoms with Crippen LogP contribution in [0.2, 0.25) is 0 Å². The van der Waals surface area contributed by atoms with E-state index in [1.54, 1.807) is 0 Å². The Labute approximate surface area is 246 Å². The molecule has 0 rings (SSSR count). The molecule has 0 spiro atoms. The molecule has 0 atom stereocenters. The Hall–Kier alpha value is 0.0300. The average molecular weight is 582 g/mol. The van der Waals surface area contributed by atoms with E-state index >= 15 is 0 Å². The van der Waals surface area contributed by atoms with Crippen LogP contribution in [0.5, 0.6) is 0 Å². The lowest BCUT2D eigenvalue weighted by Gasteiger charge is -2.08. The summed E-state index contributed by atoms with van der Waals surface area (Å²) in [5, 5.41) is 0. The second-order valence-corrected chi connectivity index (χ2v) is 10.2. The number of nitrogens with two attached hydrogens (primary N) is 1. The van der Waals surface area contributed by atoms with Crippen LogP contribution >= 0.6 is 12.6 Å². The summed E-state index contributed by atoms with van der Waals surface area (Å²) in [7, 11) is 0. The summed E-state index contributed by atoms with van der Waals surface area (Å²) in [6.07, 6.45) is 19.1. The van der Waals surface area contributed by atoms with Crippen molar-refractivity contribution in [2.24, 2.45) is 5.73 Å². The Morgan fingerprint density at radius 1 is 0.282 bits per heavy atom. The molecule has 0 aromatic rings. The van der Waals surface area contributed by atoms with Crippen LogP contribution < -0.4 is 5.73 Å². The first kappa shape index (κ1) is 39.0. The predicted molar refractivity (Wildman–Crippen MR) is 163 cm³/mol. The third-order valence-electron chi connectivity index (χ3n) is 6.19. The highest BCUT2D eigenvalue weighted by Gasteiger charge is 1.97. The van der Waals surface area contributed by atoms with E-state index in [9.17, 15) is 0 Å². The molecule has 0 amide bonds. The molecule has 2 N–H and O–H groups in total. The maximum Gasteiger partial charge on any atom is 0.0701 e. The topological polar surface area (TPSA) is 90.6 Å². The van der Waals surface area contributed by atoms with E-state index in [1.807, 2.05) is 0 Å². The zero-order chi connectivity index (χ0) is 28.2. The number of rotatable bonds is 36. The normalized spacial score (nSPS) is 11.5. The lowest BCUT2D eigenvalue weighted by molar-refractivity contribution is -0.0203. The van der Waals surface area contributed by atoms with Crippen molar-refractivity contribution in [1.82, 2.24) is 0 Å². The van der Waals surface area contributed by atoms with Gasteiger partial charge in [-0.3, -0.25) is 0 Å². The molecule has 0 fully saturated rings. The molecule has 0 radical (unpaired) electrons. The zero-order valence-electron chi connectivity index (χ0n) is 25.1. The van der Waals surface area contributed by atoms with Crippen LogP contribution in [0.1, 0.15) is 89.9 Å². The molecule has 0 aliphatic rings. The first-order chi connectivity index (χ1) is 19.4. The summed E-state index contributed by atoms with van der Waals surface area (Å²) in [6, 6.07) is 0. The van der Waals surface area contributed by atoms with Gasteiger partial charge in [0.25, 0.3) is 0 Å². The Bertz CT molecular complexity index is 389. The fourth-order valence-corrected chi connectivity index (χ4v) is 4.17. The SMILES string of the molecule is NCCOCCOCCOCCOCCOCCOCCOCCCCCCCCCCCCCCCCS. The van der Waals surface area contributed by atoms with Gasteiger partial charge in [-0.1, -0.05) is 77.0 Å². The lowest BCUT2D eigenvalue weighted by Crippen LogP contribution is -2.15. The molecule has 0 aliphatic carbocycles. The van der Waals surface area contributed by atoms with Gasteiger partial charge in [0.1, 0.15) is 0 Å². The number of thiol groups is 1. The Morgan fingerprint density at radius 2 is 0.513 bits per heavy atom. The van der Waals surface area contributed by atoms with Gasteiger partial charge in [0.2, 0.25) is 0 Å². The Morgan fingerprint density at radius 3 is 0.795 bits per heavy atom. The zero-order valence-corrected chi connectivity index (χ0v) is 26.0. The van der Waals surface area contributed by atoms with Crippen LogP contribution in [0, 0.1) is 0 Å². The second kappa shape index (κ2) is 38.0. The standard InChI is InChI=1S/C30H63NO7S/c31-15-17-33-19-21-35-23-25-37-27-29-38-28-26-36-24-22-34-20-18-32-16-13-11-9-7-5-3-1-2-4-6-8-10-12-14-30-39/h39H,1-31H2. The van der Waals surface area contributed by atoms with E-state index < -0.39 is 0 Å². The quantitative estimate of drug-likeness (QED) is 0.0746. The molecule has 0 aliphatic heterocycles. The van der Waals surface area contributed by atoms with Crippen molar-refractivity contribution in [3.8, 4) is 0 Å². The van der Waals surface area contributed by atoms with E-state index in [4.69, 9.17) is 38.9 Å². The molecule has 0 aromatic heterocycles. The summed E-state index contributed by atoms with van der Waals surface area (Å²) in [6.45, 7) is 8.83. The second-order valence-electron chi connectivity index (χ2n) is 9.75. The first-order valence-corrected chi connectivity index (χ1v) is 16.4. The highest BCUT2D eigenvalue weighted by molar-refractivity contribution is 7.80. The van der Waals surface area contributed by atoms with E-state index in [0.29, 0.717) is 92.4 Å². The van der Waals surface area contributed by atoms with Gasteiger partial charge in [0.15, 0.2) is 0 Å². The fourth-order valence-electron chi connectivity index (χ4n) is 3.94. The Balaban J connectivity index is 3.01. The van der Waals surface area contributed by atoms with Crippen molar-refractivity contribution in [3.63, 3.8) is 0 Å². The largest absolute Gasteiger partial charge is 0.379 e. The average Bonchev–Trinajstić information content (AvgIpc) is 2.95. The maximum absolute atomic E-state index is 5.66. The van der Waals surface area contributed by atoms with Crippen LogP contribution in [-0.2, 0) is 33.2 Å². The summed E-state index contributed by atoms with van der Waals surface area (Å²) in [5.74, 6) is 1.04. The molecule has 8 nitrogen and oxygen atoms in total. The minimum Gasteiger partial charge on any atom is -0.379 e. The molecule has 0 bridgehead atoms. The summed E-state index contributed by atoms with van der Waals surface area (Å²) < 4.78 is 38.2. The van der Waals surface area contributed by atoms with Gasteiger partial charge in [-0.05, 0) is 18.6 Å². The van der Waals surface area contributed by atoms with E-state index in [0.717, 1.165) is 18.8 Å². The summed E-state index contributed by atoms with van der Waals surface area (Å²) in [4.78, 5) is 0. The van der Waals surface area contributed by atoms with Gasteiger partial charge in [-0.25, -0.2) is 0 Å². The lowest BCUT2D eigenvalue weighted by atomic mass is 10.0. The van der Waals surface area contributed by atoms with Crippen LogP contribution in [-0.4, -0.2) is 105 Å². The molecule has 9 heteroatoms. The molecule has 39 heavy (non-hydrogen) atoms. The third kappa shape index (κ3) is 38.0. The molecule has 0 heterocycles. The molecule has 236 valence electrons. The predicted octanol–water partition coefficient (Wildman–Crippen LogP) is 5.45. The molecule has 0 saturated heterocycles. The van der Waals surface area contributed by atoms with E-state index in [1.165, 1.54) is 83.5 Å². The fraction of sp³-hybridized carbons (Fsp3) is 1.00. The summed E-state index contributed by atoms with van der Waals surface area (Å²) >= 11 is 4.27. The van der Waals surface area contributed by atoms with Gasteiger partial charge in [-0.2, -0.15) is 12.6 Å². The molecule has 0 aromatic carbocycles. The number of hydrogen-bond donors (Lipinski definition) is 2. The van der Waals surface area contributed by atoms with Gasteiger partial charge < -0.3 is 38.9 Å². The minimum absolute atomic E-state index is 0.538. The van der Waals surface area contributed by atoms with E-state index in [2.05, 4.69) is 12.6 Å². The van der Waals surface area contributed by atoms with Gasteiger partial charge in [0, 0.05) is 13.2 Å². The van der Waals surface area contributed by atoms with Crippen molar-refractivity contribution in [3.05, 3.63) is 0 Å². The van der Waals surface area contributed by atoms with Crippen LogP contribution in [0.15, 0.2) is 0 Å². The Kier molecular flexibility index (Phi) is 38.1. The van der Waals surface area contributed by atoms with Crippen molar-refractivity contribution in [2.45, 2.75) is 89.9 Å². The molecular weight excluding hydrogens is 518 g/mol. The third-order valence-corrected chi connectivity index (χ3v) is 6.51. The number of hydrogen-bond acceptors (Lipinski definition) is 9. The van der Waals surface area contributed by atoms with Crippen molar-refractivity contribution >= 4 is 12.6 Å². The van der Waals surface area contributed by atoms with E-state index in [-0.39, 0.29) is 0 Å². The number of unbranched alkanes of at least 4 members (excludes halogenated alkanes) is 13. The van der Waals surface area contributed by atoms with Crippen LogP contribution in [0.3, 0.4) is 0 Å². The van der Waals surface area contributed by atoms with Crippen molar-refractivity contribution in [1.29, 1.82) is 0 Å². The monoisotopic (exact) mass is 581 g/mol. The molecule has 0 saturated carbocycles. The minimum atomic E-state index is 0.538. The highest BCUT2D eigenvalue weighted by atomic mass is 32.1. The van der Waals surface area contributed by atoms with Gasteiger partial charge in [0.05, 0.1) is 85.9 Å². The molecular formula is C30H63NO7S. The number of ether oxygens (including phenoxy) is 7. The van der Waals surface area contributed by atoms with Crippen molar-refractivity contribution < 1.29 is 33.2 Å². The first-order valence-electron chi connectivity index (χ1n) is 15.8. The highest BCUT2D eigenvalue weighted by Crippen LogP contribution is 2.13. The van der Waals surface area contributed by atoms with Crippen molar-refractivity contribution in [2.75, 3.05) is 105 Å². The van der Waals surface area contributed by atoms with Crippen LogP contribution in [0.4, 0.5) is 0 Å². The van der Waals surface area contributed by atoms with Gasteiger partial charge in [-0.15, -0.1) is 0 Å².